The lowest BCUT2D eigenvalue weighted by Gasteiger charge is -2.35. The molecule has 4 nitrogen and oxygen atoms in total. The summed E-state index contributed by atoms with van der Waals surface area (Å²) < 4.78 is 4.37. The van der Waals surface area contributed by atoms with Crippen molar-refractivity contribution in [1.29, 1.82) is 0 Å². The van der Waals surface area contributed by atoms with Crippen molar-refractivity contribution < 1.29 is 0 Å². The van der Waals surface area contributed by atoms with E-state index in [4.69, 9.17) is 5.73 Å². The van der Waals surface area contributed by atoms with Crippen molar-refractivity contribution >= 4 is 33.7 Å². The van der Waals surface area contributed by atoms with E-state index in [-0.39, 0.29) is 0 Å². The highest BCUT2D eigenvalue weighted by molar-refractivity contribution is 7.15. The molecule has 3 heterocycles. The summed E-state index contributed by atoms with van der Waals surface area (Å²) in [6.45, 7) is 8.83. The molecule has 20 heavy (non-hydrogen) atoms. The molecule has 108 valence electrons. The average Bonchev–Trinajstić information content (AvgIpc) is 2.94. The van der Waals surface area contributed by atoms with Gasteiger partial charge in [-0.3, -0.25) is 0 Å². The van der Waals surface area contributed by atoms with Crippen LogP contribution in [0.3, 0.4) is 0 Å². The van der Waals surface area contributed by atoms with Crippen molar-refractivity contribution in [2.24, 2.45) is 11.8 Å². The number of nitrogen functional groups attached to an aromatic ring is 1. The van der Waals surface area contributed by atoms with Crippen LogP contribution in [0.1, 0.15) is 26.0 Å². The molecule has 0 amide bonds. The smallest absolute Gasteiger partial charge is 0.149 e. The Kier molecular flexibility index (Phi) is 3.69. The number of piperidine rings is 1. The van der Waals surface area contributed by atoms with Crippen molar-refractivity contribution in [1.82, 2.24) is 9.36 Å². The van der Waals surface area contributed by atoms with Gasteiger partial charge in [-0.25, -0.2) is 4.98 Å². The Morgan fingerprint density at radius 3 is 2.60 bits per heavy atom. The van der Waals surface area contributed by atoms with Gasteiger partial charge in [0.15, 0.2) is 0 Å². The molecular weight excluding hydrogens is 288 g/mol. The highest BCUT2D eigenvalue weighted by Crippen LogP contribution is 2.42. The number of nitrogens with two attached hydrogens (primary N) is 1. The zero-order valence-electron chi connectivity index (χ0n) is 12.1. The normalized spacial score (nSPS) is 23.2. The third-order valence-electron chi connectivity index (χ3n) is 3.69. The lowest BCUT2D eigenvalue weighted by molar-refractivity contribution is 0.358. The predicted molar refractivity (Wildman–Crippen MR) is 87.5 cm³/mol. The van der Waals surface area contributed by atoms with Crippen molar-refractivity contribution in [2.75, 3.05) is 23.7 Å². The van der Waals surface area contributed by atoms with Crippen LogP contribution in [0.2, 0.25) is 0 Å². The maximum Gasteiger partial charge on any atom is 0.149 e. The molecule has 0 radical (unpaired) electrons. The van der Waals surface area contributed by atoms with E-state index >= 15 is 0 Å². The van der Waals surface area contributed by atoms with Crippen LogP contribution in [0.15, 0.2) is 5.38 Å². The van der Waals surface area contributed by atoms with Gasteiger partial charge in [0, 0.05) is 24.2 Å². The lowest BCUT2D eigenvalue weighted by Crippen LogP contribution is -2.38. The molecule has 0 saturated carbocycles. The summed E-state index contributed by atoms with van der Waals surface area (Å²) in [6.07, 6.45) is 1.30. The van der Waals surface area contributed by atoms with Gasteiger partial charge in [0.25, 0.3) is 0 Å². The fourth-order valence-electron chi connectivity index (χ4n) is 3.01. The fourth-order valence-corrected chi connectivity index (χ4v) is 4.76. The first-order valence-corrected chi connectivity index (χ1v) is 8.62. The van der Waals surface area contributed by atoms with Crippen LogP contribution in [0.4, 0.5) is 10.8 Å². The first-order valence-electron chi connectivity index (χ1n) is 6.97. The molecule has 2 aromatic heterocycles. The molecule has 2 N–H and O–H groups in total. The topological polar surface area (TPSA) is 55.0 Å². The number of rotatable bonds is 2. The molecule has 0 bridgehead atoms. The van der Waals surface area contributed by atoms with Crippen molar-refractivity contribution in [3.63, 3.8) is 0 Å². The Morgan fingerprint density at radius 1 is 1.30 bits per heavy atom. The standard InChI is InChI=1S/C14H20N4S2/c1-8-4-9(2)6-18(5-8)14-11(12(15)17-20-14)13-16-10(3)7-19-13/h7-9H,4-6H2,1-3H3,(H2,15,17). The quantitative estimate of drug-likeness (QED) is 0.920. The molecule has 0 spiro atoms. The summed E-state index contributed by atoms with van der Waals surface area (Å²) in [4.78, 5) is 7.03. The van der Waals surface area contributed by atoms with Gasteiger partial charge in [0.2, 0.25) is 0 Å². The molecule has 0 aliphatic carbocycles. The van der Waals surface area contributed by atoms with Gasteiger partial charge in [-0.05, 0) is 36.7 Å². The Balaban J connectivity index is 1.98. The molecule has 1 saturated heterocycles. The summed E-state index contributed by atoms with van der Waals surface area (Å²) in [5.74, 6) is 2.05. The Bertz CT molecular complexity index is 594. The third kappa shape index (κ3) is 2.54. The van der Waals surface area contributed by atoms with Gasteiger partial charge in [-0.15, -0.1) is 11.3 Å². The first-order chi connectivity index (χ1) is 9.54. The Morgan fingerprint density at radius 2 is 2.00 bits per heavy atom. The first kappa shape index (κ1) is 13.8. The van der Waals surface area contributed by atoms with Crippen molar-refractivity contribution in [2.45, 2.75) is 27.2 Å². The second-order valence-electron chi connectivity index (χ2n) is 5.89. The van der Waals surface area contributed by atoms with Crippen LogP contribution in [0.25, 0.3) is 10.6 Å². The second-order valence-corrected chi connectivity index (χ2v) is 7.50. The largest absolute Gasteiger partial charge is 0.382 e. The lowest BCUT2D eigenvalue weighted by atomic mass is 9.92. The monoisotopic (exact) mass is 308 g/mol. The minimum atomic E-state index is 0.616. The van der Waals surface area contributed by atoms with Gasteiger partial charge < -0.3 is 10.6 Å². The van der Waals surface area contributed by atoms with Crippen LogP contribution < -0.4 is 10.6 Å². The molecule has 0 aromatic carbocycles. The zero-order valence-corrected chi connectivity index (χ0v) is 13.7. The van der Waals surface area contributed by atoms with E-state index in [9.17, 15) is 0 Å². The summed E-state index contributed by atoms with van der Waals surface area (Å²) in [5.41, 5.74) is 8.18. The van der Waals surface area contributed by atoms with E-state index in [0.29, 0.717) is 17.7 Å². The molecule has 3 rings (SSSR count). The maximum atomic E-state index is 6.10. The highest BCUT2D eigenvalue weighted by atomic mass is 32.1. The molecule has 6 heteroatoms. The molecule has 1 fully saturated rings. The summed E-state index contributed by atoms with van der Waals surface area (Å²) in [7, 11) is 0. The molecule has 1 aliphatic rings. The molecule has 1 aliphatic heterocycles. The predicted octanol–water partition coefficient (Wildman–Crippen LogP) is 3.64. The summed E-state index contributed by atoms with van der Waals surface area (Å²) >= 11 is 3.16. The summed E-state index contributed by atoms with van der Waals surface area (Å²) in [5, 5.41) is 4.25. The highest BCUT2D eigenvalue weighted by Gasteiger charge is 2.27. The number of anilines is 2. The minimum Gasteiger partial charge on any atom is -0.382 e. The van der Waals surface area contributed by atoms with E-state index in [2.05, 4.69) is 33.5 Å². The van der Waals surface area contributed by atoms with E-state index in [1.165, 1.54) is 23.0 Å². The number of thiazole rings is 1. The average molecular weight is 308 g/mol. The third-order valence-corrected chi connectivity index (χ3v) is 5.59. The van der Waals surface area contributed by atoms with Crippen LogP contribution in [0.5, 0.6) is 0 Å². The van der Waals surface area contributed by atoms with Gasteiger partial charge >= 0.3 is 0 Å². The minimum absolute atomic E-state index is 0.616. The Labute approximate surface area is 127 Å². The second kappa shape index (κ2) is 5.33. The SMILES string of the molecule is Cc1csc(-c2c(N)nsc2N2CC(C)CC(C)C2)n1. The van der Waals surface area contributed by atoms with Crippen LogP contribution in [-0.4, -0.2) is 22.4 Å². The number of hydrogen-bond donors (Lipinski definition) is 1. The Hall–Kier alpha value is -1.14. The molecule has 2 aromatic rings. The van der Waals surface area contributed by atoms with E-state index < -0.39 is 0 Å². The number of hydrogen-bond acceptors (Lipinski definition) is 6. The fraction of sp³-hybridized carbons (Fsp3) is 0.571. The zero-order chi connectivity index (χ0) is 14.3. The van der Waals surface area contributed by atoms with Crippen molar-refractivity contribution in [3.8, 4) is 10.6 Å². The number of nitrogens with zero attached hydrogens (tertiary/aromatic N) is 3. The molecule has 2 atom stereocenters. The number of aryl methyl sites for hydroxylation is 1. The van der Waals surface area contributed by atoms with Crippen molar-refractivity contribution in [3.05, 3.63) is 11.1 Å². The van der Waals surface area contributed by atoms with Crippen LogP contribution in [0, 0.1) is 18.8 Å². The number of aromatic nitrogens is 2. The van der Waals surface area contributed by atoms with Crippen LogP contribution in [-0.2, 0) is 0 Å². The molecular formula is C14H20N4S2. The van der Waals surface area contributed by atoms with E-state index in [1.54, 1.807) is 11.3 Å². The maximum absolute atomic E-state index is 6.10. The summed E-state index contributed by atoms with van der Waals surface area (Å²) in [6, 6.07) is 0. The van der Waals surface area contributed by atoms with Gasteiger partial charge in [-0.2, -0.15) is 4.37 Å². The van der Waals surface area contributed by atoms with Gasteiger partial charge in [0.1, 0.15) is 15.8 Å². The van der Waals surface area contributed by atoms with E-state index in [0.717, 1.165) is 29.4 Å². The van der Waals surface area contributed by atoms with E-state index in [1.807, 2.05) is 6.92 Å². The van der Waals surface area contributed by atoms with Gasteiger partial charge in [0.05, 0.1) is 5.56 Å². The molecule has 2 unspecified atom stereocenters. The van der Waals surface area contributed by atoms with Gasteiger partial charge in [-0.1, -0.05) is 13.8 Å². The van der Waals surface area contributed by atoms with Crippen LogP contribution >= 0.6 is 22.9 Å².